The van der Waals surface area contributed by atoms with E-state index >= 15 is 0 Å². The van der Waals surface area contributed by atoms with Gasteiger partial charge in [0.05, 0.1) is 0 Å². The molecule has 0 aromatic carbocycles. The maximum Gasteiger partial charge on any atom is 0.136 e. The summed E-state index contributed by atoms with van der Waals surface area (Å²) in [5.41, 5.74) is 7.04. The number of nitrogens with two attached hydrogens (primary N) is 1. The number of nitrogens with one attached hydrogen (secondary N) is 1. The summed E-state index contributed by atoms with van der Waals surface area (Å²) in [6.07, 6.45) is 8.48. The minimum atomic E-state index is 0.500. The van der Waals surface area contributed by atoms with Crippen LogP contribution in [-0.2, 0) is 0 Å². The van der Waals surface area contributed by atoms with Crippen LogP contribution >= 0.6 is 0 Å². The van der Waals surface area contributed by atoms with Gasteiger partial charge in [-0.25, -0.2) is 9.97 Å². The van der Waals surface area contributed by atoms with Crippen molar-refractivity contribution in [2.75, 3.05) is 11.1 Å². The summed E-state index contributed by atoms with van der Waals surface area (Å²) in [6, 6.07) is 0.500. The van der Waals surface area contributed by atoms with Crippen LogP contribution in [0, 0.1) is 6.92 Å². The molecule has 4 heteroatoms. The first-order valence-electron chi connectivity index (χ1n) is 8.06. The third-order valence-corrected chi connectivity index (χ3v) is 4.03. The van der Waals surface area contributed by atoms with Gasteiger partial charge < -0.3 is 11.1 Å². The number of nitrogen functional groups attached to an aromatic ring is 1. The fraction of sp³-hybridized carbons (Fsp3) is 0.750. The second-order valence-electron chi connectivity index (χ2n) is 5.99. The monoisotopic (exact) mass is 276 g/mol. The van der Waals surface area contributed by atoms with Crippen LogP contribution in [0.5, 0.6) is 0 Å². The Labute approximate surface area is 122 Å². The van der Waals surface area contributed by atoms with Gasteiger partial charge in [0, 0.05) is 17.5 Å². The molecule has 0 bridgehead atoms. The van der Waals surface area contributed by atoms with Crippen LogP contribution in [0.2, 0.25) is 0 Å². The highest BCUT2D eigenvalue weighted by atomic mass is 15.1. The first kappa shape index (κ1) is 15.1. The third-order valence-electron chi connectivity index (χ3n) is 4.03. The van der Waals surface area contributed by atoms with Crippen LogP contribution in [0.25, 0.3) is 0 Å². The number of rotatable bonds is 8. The Morgan fingerprint density at radius 3 is 2.55 bits per heavy atom. The van der Waals surface area contributed by atoms with E-state index in [0.29, 0.717) is 17.8 Å². The van der Waals surface area contributed by atoms with Crippen molar-refractivity contribution in [3.63, 3.8) is 0 Å². The fourth-order valence-electron chi connectivity index (χ4n) is 2.50. The molecule has 1 aromatic heterocycles. The molecule has 1 aromatic rings. The maximum absolute atomic E-state index is 6.05. The average molecular weight is 276 g/mol. The van der Waals surface area contributed by atoms with Gasteiger partial charge in [-0.3, -0.25) is 0 Å². The zero-order valence-corrected chi connectivity index (χ0v) is 13.1. The van der Waals surface area contributed by atoms with Gasteiger partial charge in [0.2, 0.25) is 0 Å². The number of hydrogen-bond donors (Lipinski definition) is 2. The highest BCUT2D eigenvalue weighted by Gasteiger charge is 2.28. The molecule has 3 N–H and O–H groups in total. The smallest absolute Gasteiger partial charge is 0.136 e. The summed E-state index contributed by atoms with van der Waals surface area (Å²) in [4.78, 5) is 9.16. The number of anilines is 2. The highest BCUT2D eigenvalue weighted by Crippen LogP contribution is 2.39. The molecule has 1 heterocycles. The van der Waals surface area contributed by atoms with Crippen LogP contribution in [0.3, 0.4) is 0 Å². The van der Waals surface area contributed by atoms with Crippen LogP contribution < -0.4 is 11.1 Å². The molecule has 0 saturated heterocycles. The molecular weight excluding hydrogens is 248 g/mol. The van der Waals surface area contributed by atoms with Crippen molar-refractivity contribution in [1.29, 1.82) is 0 Å². The summed E-state index contributed by atoms with van der Waals surface area (Å²) in [7, 11) is 0. The van der Waals surface area contributed by atoms with E-state index in [4.69, 9.17) is 10.7 Å². The molecule has 1 unspecified atom stereocenters. The minimum Gasteiger partial charge on any atom is -0.383 e. The lowest BCUT2D eigenvalue weighted by Crippen LogP contribution is -2.21. The lowest BCUT2D eigenvalue weighted by molar-refractivity contribution is 0.562. The van der Waals surface area contributed by atoms with E-state index in [1.807, 2.05) is 6.92 Å². The largest absolute Gasteiger partial charge is 0.383 e. The van der Waals surface area contributed by atoms with E-state index < -0.39 is 0 Å². The SMILES string of the molecule is CCCCC(CCC)Nc1nc(C2CC2)nc(N)c1C. The summed E-state index contributed by atoms with van der Waals surface area (Å²) >= 11 is 0. The van der Waals surface area contributed by atoms with Crippen molar-refractivity contribution < 1.29 is 0 Å². The second kappa shape index (κ2) is 6.91. The van der Waals surface area contributed by atoms with Gasteiger partial charge in [-0.15, -0.1) is 0 Å². The standard InChI is InChI=1S/C16H28N4/c1-4-6-8-13(7-5-2)18-15-11(3)14(17)19-16(20-15)12-9-10-12/h12-13H,4-10H2,1-3H3,(H3,17,18,19,20). The molecule has 1 saturated carbocycles. The van der Waals surface area contributed by atoms with Crippen molar-refractivity contribution in [3.05, 3.63) is 11.4 Å². The first-order valence-corrected chi connectivity index (χ1v) is 8.06. The zero-order valence-electron chi connectivity index (χ0n) is 13.1. The molecule has 0 aliphatic heterocycles. The van der Waals surface area contributed by atoms with Crippen LogP contribution in [0.4, 0.5) is 11.6 Å². The Morgan fingerprint density at radius 1 is 1.20 bits per heavy atom. The molecule has 2 rings (SSSR count). The number of hydrogen-bond acceptors (Lipinski definition) is 4. The Kier molecular flexibility index (Phi) is 5.21. The average Bonchev–Trinajstić information content (AvgIpc) is 3.25. The predicted octanol–water partition coefficient (Wildman–Crippen LogP) is 4.02. The second-order valence-corrected chi connectivity index (χ2v) is 5.99. The Morgan fingerprint density at radius 2 is 1.95 bits per heavy atom. The summed E-state index contributed by atoms with van der Waals surface area (Å²) in [5.74, 6) is 3.06. The van der Waals surface area contributed by atoms with Crippen LogP contribution in [-0.4, -0.2) is 16.0 Å². The number of nitrogens with zero attached hydrogens (tertiary/aromatic N) is 2. The molecule has 4 nitrogen and oxygen atoms in total. The quantitative estimate of drug-likeness (QED) is 0.753. The van der Waals surface area contributed by atoms with Crippen molar-refractivity contribution >= 4 is 11.6 Å². The normalized spacial score (nSPS) is 16.1. The van der Waals surface area contributed by atoms with Crippen molar-refractivity contribution in [3.8, 4) is 0 Å². The van der Waals surface area contributed by atoms with E-state index in [-0.39, 0.29) is 0 Å². The molecule has 0 spiro atoms. The third kappa shape index (κ3) is 3.84. The lowest BCUT2D eigenvalue weighted by atomic mass is 10.0. The van der Waals surface area contributed by atoms with Crippen LogP contribution in [0.1, 0.15) is 76.1 Å². The van der Waals surface area contributed by atoms with Gasteiger partial charge in [-0.05, 0) is 32.6 Å². The number of aromatic nitrogens is 2. The molecule has 112 valence electrons. The lowest BCUT2D eigenvalue weighted by Gasteiger charge is -2.20. The van der Waals surface area contributed by atoms with Gasteiger partial charge in [0.1, 0.15) is 17.5 Å². The molecule has 1 aliphatic rings. The van der Waals surface area contributed by atoms with Gasteiger partial charge >= 0.3 is 0 Å². The highest BCUT2D eigenvalue weighted by molar-refractivity contribution is 5.55. The Hall–Kier alpha value is -1.32. The molecule has 0 radical (unpaired) electrons. The van der Waals surface area contributed by atoms with E-state index in [1.54, 1.807) is 0 Å². The first-order chi connectivity index (χ1) is 9.65. The van der Waals surface area contributed by atoms with Crippen molar-refractivity contribution in [1.82, 2.24) is 9.97 Å². The topological polar surface area (TPSA) is 63.8 Å². The van der Waals surface area contributed by atoms with E-state index in [2.05, 4.69) is 24.1 Å². The van der Waals surface area contributed by atoms with Gasteiger partial charge in [0.25, 0.3) is 0 Å². The van der Waals surface area contributed by atoms with E-state index in [0.717, 1.165) is 17.2 Å². The Bertz CT molecular complexity index is 440. The van der Waals surface area contributed by atoms with E-state index in [1.165, 1.54) is 44.9 Å². The van der Waals surface area contributed by atoms with Crippen molar-refractivity contribution in [2.24, 2.45) is 0 Å². The Balaban J connectivity index is 2.12. The van der Waals surface area contributed by atoms with Gasteiger partial charge in [0.15, 0.2) is 0 Å². The van der Waals surface area contributed by atoms with Crippen molar-refractivity contribution in [2.45, 2.75) is 77.7 Å². The maximum atomic E-state index is 6.05. The van der Waals surface area contributed by atoms with Gasteiger partial charge in [-0.2, -0.15) is 0 Å². The zero-order chi connectivity index (χ0) is 14.5. The molecular formula is C16H28N4. The summed E-state index contributed by atoms with van der Waals surface area (Å²) in [5, 5.41) is 3.62. The summed E-state index contributed by atoms with van der Waals surface area (Å²) < 4.78 is 0. The van der Waals surface area contributed by atoms with Crippen LogP contribution in [0.15, 0.2) is 0 Å². The molecule has 0 amide bonds. The summed E-state index contributed by atoms with van der Waals surface area (Å²) in [6.45, 7) is 6.48. The molecule has 20 heavy (non-hydrogen) atoms. The minimum absolute atomic E-state index is 0.500. The number of unbranched alkanes of at least 4 members (excludes halogenated alkanes) is 1. The molecule has 1 fully saturated rings. The molecule has 1 atom stereocenters. The van der Waals surface area contributed by atoms with E-state index in [9.17, 15) is 0 Å². The molecule has 1 aliphatic carbocycles. The van der Waals surface area contributed by atoms with Gasteiger partial charge in [-0.1, -0.05) is 33.1 Å². The predicted molar refractivity (Wildman–Crippen MR) is 85.0 cm³/mol. The fourth-order valence-corrected chi connectivity index (χ4v) is 2.50.